The molecule has 0 saturated carbocycles. The Kier molecular flexibility index (Phi) is 4.40. The molecule has 1 aliphatic carbocycles. The van der Waals surface area contributed by atoms with Crippen molar-refractivity contribution in [3.8, 4) is 5.75 Å². The molecule has 0 amide bonds. The Morgan fingerprint density at radius 3 is 2.36 bits per heavy atom. The van der Waals surface area contributed by atoms with Crippen LogP contribution < -0.4 is 0 Å². The predicted octanol–water partition coefficient (Wildman–Crippen LogP) is 4.60. The lowest BCUT2D eigenvalue weighted by atomic mass is 9.90. The number of aryl methyl sites for hydroxylation is 1. The number of aromatic hydroxyl groups is 1. The van der Waals surface area contributed by atoms with Gasteiger partial charge in [0, 0.05) is 5.39 Å². The Balaban J connectivity index is 0.000000131. The fraction of sp³-hybridized carbons (Fsp3) is 0.200. The maximum atomic E-state index is 9.56. The summed E-state index contributed by atoms with van der Waals surface area (Å²) in [5, 5.41) is 20.9. The van der Waals surface area contributed by atoms with E-state index in [0.717, 1.165) is 35.6 Å². The van der Waals surface area contributed by atoms with Gasteiger partial charge in [0.2, 0.25) is 0 Å². The first-order valence-electron chi connectivity index (χ1n) is 7.68. The molecular formula is C20H20O2. The first kappa shape index (κ1) is 14.6. The van der Waals surface area contributed by atoms with Crippen molar-refractivity contribution in [2.45, 2.75) is 25.4 Å². The van der Waals surface area contributed by atoms with Crippen molar-refractivity contribution in [1.82, 2.24) is 0 Å². The summed E-state index contributed by atoms with van der Waals surface area (Å²) in [6.07, 6.45) is 2.97. The fourth-order valence-electron chi connectivity index (χ4n) is 2.94. The number of hydrogen-bond acceptors (Lipinski definition) is 2. The summed E-state index contributed by atoms with van der Waals surface area (Å²) in [6.45, 7) is 0. The number of phenolic OH excluding ortho intramolecular Hbond substituents is 1. The Hall–Kier alpha value is -2.32. The highest BCUT2D eigenvalue weighted by Gasteiger charge is 2.15. The molecule has 0 aliphatic heterocycles. The van der Waals surface area contributed by atoms with E-state index in [4.69, 9.17) is 0 Å². The normalized spacial score (nSPS) is 16.5. The predicted molar refractivity (Wildman–Crippen MR) is 90.0 cm³/mol. The zero-order chi connectivity index (χ0) is 15.4. The summed E-state index contributed by atoms with van der Waals surface area (Å²) in [5.74, 6) is 0.350. The van der Waals surface area contributed by atoms with Crippen LogP contribution in [0.5, 0.6) is 5.75 Å². The zero-order valence-corrected chi connectivity index (χ0v) is 12.4. The molecular weight excluding hydrogens is 272 g/mol. The van der Waals surface area contributed by atoms with E-state index in [1.54, 1.807) is 6.07 Å². The molecule has 3 aromatic carbocycles. The van der Waals surface area contributed by atoms with Crippen molar-refractivity contribution in [3.05, 3.63) is 77.9 Å². The van der Waals surface area contributed by atoms with Crippen LogP contribution in [-0.4, -0.2) is 10.2 Å². The Bertz CT molecular complexity index is 759. The van der Waals surface area contributed by atoms with Crippen LogP contribution in [0.3, 0.4) is 0 Å². The molecule has 2 N–H and O–H groups in total. The first-order valence-corrected chi connectivity index (χ1v) is 7.68. The van der Waals surface area contributed by atoms with Crippen molar-refractivity contribution in [2.24, 2.45) is 0 Å². The summed E-state index contributed by atoms with van der Waals surface area (Å²) in [6, 6.07) is 21.5. The monoisotopic (exact) mass is 292 g/mol. The quantitative estimate of drug-likeness (QED) is 0.635. The first-order chi connectivity index (χ1) is 10.8. The SMILES string of the molecule is OC1CCCc2ccccc21.Oc1cccc2ccccc12. The van der Waals surface area contributed by atoms with Gasteiger partial charge < -0.3 is 10.2 Å². The van der Waals surface area contributed by atoms with Gasteiger partial charge in [0.25, 0.3) is 0 Å². The van der Waals surface area contributed by atoms with Crippen molar-refractivity contribution in [2.75, 3.05) is 0 Å². The fourth-order valence-corrected chi connectivity index (χ4v) is 2.94. The molecule has 3 aromatic rings. The van der Waals surface area contributed by atoms with Crippen molar-refractivity contribution >= 4 is 10.8 Å². The molecule has 2 heteroatoms. The van der Waals surface area contributed by atoms with Crippen LogP contribution in [-0.2, 0) is 6.42 Å². The summed E-state index contributed by atoms with van der Waals surface area (Å²) in [4.78, 5) is 0. The number of benzene rings is 3. The van der Waals surface area contributed by atoms with Gasteiger partial charge in [0.05, 0.1) is 6.10 Å². The molecule has 4 rings (SSSR count). The minimum atomic E-state index is -0.208. The smallest absolute Gasteiger partial charge is 0.123 e. The molecule has 2 nitrogen and oxygen atoms in total. The van der Waals surface area contributed by atoms with Crippen LogP contribution in [0.1, 0.15) is 30.1 Å². The third-order valence-corrected chi connectivity index (χ3v) is 4.10. The van der Waals surface area contributed by atoms with Gasteiger partial charge in [0.1, 0.15) is 5.75 Å². The Morgan fingerprint density at radius 2 is 1.55 bits per heavy atom. The standard InChI is InChI=1S/C10H12O.C10H8O/c2*11-10-7-3-5-8-4-1-2-6-9(8)10/h1-2,4,6,10-11H,3,5,7H2;1-7,11H. The molecule has 0 radical (unpaired) electrons. The van der Waals surface area contributed by atoms with Gasteiger partial charge in [-0.15, -0.1) is 0 Å². The van der Waals surface area contributed by atoms with Crippen LogP contribution in [0.2, 0.25) is 0 Å². The molecule has 0 aromatic heterocycles. The Labute approximate surface area is 130 Å². The van der Waals surface area contributed by atoms with E-state index in [0.29, 0.717) is 5.75 Å². The van der Waals surface area contributed by atoms with Crippen LogP contribution in [0, 0.1) is 0 Å². The van der Waals surface area contributed by atoms with Crippen molar-refractivity contribution in [3.63, 3.8) is 0 Å². The van der Waals surface area contributed by atoms with Gasteiger partial charge in [0.15, 0.2) is 0 Å². The highest BCUT2D eigenvalue weighted by Crippen LogP contribution is 2.28. The van der Waals surface area contributed by atoms with Gasteiger partial charge in [-0.05, 0) is 41.8 Å². The van der Waals surface area contributed by atoms with E-state index in [1.807, 2.05) is 54.6 Å². The lowest BCUT2D eigenvalue weighted by Crippen LogP contribution is -2.08. The van der Waals surface area contributed by atoms with E-state index in [1.165, 1.54) is 5.56 Å². The van der Waals surface area contributed by atoms with E-state index < -0.39 is 0 Å². The van der Waals surface area contributed by atoms with Gasteiger partial charge in [-0.2, -0.15) is 0 Å². The highest BCUT2D eigenvalue weighted by molar-refractivity contribution is 5.87. The molecule has 1 unspecified atom stereocenters. The number of aliphatic hydroxyl groups is 1. The molecule has 0 bridgehead atoms. The van der Waals surface area contributed by atoms with Gasteiger partial charge in [-0.1, -0.05) is 60.7 Å². The number of fused-ring (bicyclic) bond motifs is 2. The van der Waals surface area contributed by atoms with Crippen molar-refractivity contribution < 1.29 is 10.2 Å². The summed E-state index contributed by atoms with van der Waals surface area (Å²) < 4.78 is 0. The zero-order valence-electron chi connectivity index (χ0n) is 12.4. The average molecular weight is 292 g/mol. The topological polar surface area (TPSA) is 40.5 Å². The second-order valence-corrected chi connectivity index (χ2v) is 5.61. The van der Waals surface area contributed by atoms with Gasteiger partial charge >= 0.3 is 0 Å². The molecule has 22 heavy (non-hydrogen) atoms. The largest absolute Gasteiger partial charge is 0.507 e. The van der Waals surface area contributed by atoms with Crippen molar-refractivity contribution in [1.29, 1.82) is 0 Å². The molecule has 0 spiro atoms. The molecule has 0 saturated heterocycles. The third kappa shape index (κ3) is 3.12. The molecule has 1 aliphatic rings. The van der Waals surface area contributed by atoms with Gasteiger partial charge in [-0.3, -0.25) is 0 Å². The molecule has 1 atom stereocenters. The summed E-state index contributed by atoms with van der Waals surface area (Å²) in [5.41, 5.74) is 2.46. The number of phenols is 1. The molecule has 112 valence electrons. The minimum Gasteiger partial charge on any atom is -0.507 e. The molecule has 0 fully saturated rings. The summed E-state index contributed by atoms with van der Waals surface area (Å²) in [7, 11) is 0. The third-order valence-electron chi connectivity index (χ3n) is 4.10. The van der Waals surface area contributed by atoms with Crippen LogP contribution in [0.4, 0.5) is 0 Å². The number of aliphatic hydroxyl groups excluding tert-OH is 1. The van der Waals surface area contributed by atoms with E-state index >= 15 is 0 Å². The van der Waals surface area contributed by atoms with E-state index in [-0.39, 0.29) is 6.10 Å². The number of rotatable bonds is 0. The Morgan fingerprint density at radius 1 is 0.818 bits per heavy atom. The second kappa shape index (κ2) is 6.63. The van der Waals surface area contributed by atoms with Crippen LogP contribution in [0.25, 0.3) is 10.8 Å². The lowest BCUT2D eigenvalue weighted by Gasteiger charge is -2.20. The minimum absolute atomic E-state index is 0.208. The lowest BCUT2D eigenvalue weighted by molar-refractivity contribution is 0.156. The highest BCUT2D eigenvalue weighted by atomic mass is 16.3. The number of hydrogen-bond donors (Lipinski definition) is 2. The molecule has 0 heterocycles. The summed E-state index contributed by atoms with van der Waals surface area (Å²) >= 11 is 0. The van der Waals surface area contributed by atoms with Gasteiger partial charge in [-0.25, -0.2) is 0 Å². The second-order valence-electron chi connectivity index (χ2n) is 5.61. The average Bonchev–Trinajstić information content (AvgIpc) is 2.57. The van der Waals surface area contributed by atoms with Crippen LogP contribution in [0.15, 0.2) is 66.7 Å². The van der Waals surface area contributed by atoms with Crippen LogP contribution >= 0.6 is 0 Å². The maximum absolute atomic E-state index is 9.56. The van der Waals surface area contributed by atoms with E-state index in [2.05, 4.69) is 6.07 Å². The maximum Gasteiger partial charge on any atom is 0.123 e. The van der Waals surface area contributed by atoms with E-state index in [9.17, 15) is 10.2 Å².